The summed E-state index contributed by atoms with van der Waals surface area (Å²) in [6, 6.07) is 9.82. The summed E-state index contributed by atoms with van der Waals surface area (Å²) in [4.78, 5) is 3.95. The molecule has 0 aliphatic heterocycles. The number of aromatic nitrogens is 1. The molecule has 0 aliphatic carbocycles. The quantitative estimate of drug-likeness (QED) is 0.852. The van der Waals surface area contributed by atoms with E-state index in [1.54, 1.807) is 12.3 Å². The summed E-state index contributed by atoms with van der Waals surface area (Å²) >= 11 is 3.48. The Morgan fingerprint density at radius 1 is 1.30 bits per heavy atom. The minimum Gasteiger partial charge on any atom is -0.310 e. The summed E-state index contributed by atoms with van der Waals surface area (Å²) in [5, 5.41) is 3.46. The second-order valence-electron chi connectivity index (χ2n) is 4.78. The first-order valence-corrected chi connectivity index (χ1v) is 7.56. The Kier molecular flexibility index (Phi) is 5.68. The number of hydrogen-bond acceptors (Lipinski definition) is 2. The lowest BCUT2D eigenvalue weighted by Gasteiger charge is -2.19. The van der Waals surface area contributed by atoms with Gasteiger partial charge in [0.2, 0.25) is 0 Å². The van der Waals surface area contributed by atoms with Crippen molar-refractivity contribution in [2.45, 2.75) is 25.8 Å². The van der Waals surface area contributed by atoms with Crippen LogP contribution in [0, 0.1) is 5.82 Å². The molecule has 0 aliphatic rings. The number of hydrogen-bond donors (Lipinski definition) is 1. The van der Waals surface area contributed by atoms with Gasteiger partial charge in [-0.3, -0.25) is 4.98 Å². The van der Waals surface area contributed by atoms with Crippen LogP contribution in [0.4, 0.5) is 4.39 Å². The Balaban J connectivity index is 2.19. The van der Waals surface area contributed by atoms with E-state index in [1.807, 2.05) is 12.1 Å². The van der Waals surface area contributed by atoms with Gasteiger partial charge in [-0.15, -0.1) is 0 Å². The molecule has 2 rings (SSSR count). The molecule has 1 N–H and O–H groups in total. The highest BCUT2D eigenvalue weighted by Crippen LogP contribution is 2.21. The fraction of sp³-hybridized carbons (Fsp3) is 0.312. The van der Waals surface area contributed by atoms with Gasteiger partial charge in [-0.05, 0) is 48.7 Å². The van der Waals surface area contributed by atoms with Crippen LogP contribution in [0.2, 0.25) is 0 Å². The number of pyridine rings is 1. The van der Waals surface area contributed by atoms with Gasteiger partial charge in [0.25, 0.3) is 0 Å². The van der Waals surface area contributed by atoms with E-state index in [-0.39, 0.29) is 11.9 Å². The molecule has 1 aromatic carbocycles. The summed E-state index contributed by atoms with van der Waals surface area (Å²) in [5.41, 5.74) is 2.09. The normalized spacial score (nSPS) is 12.3. The minimum atomic E-state index is -0.292. The van der Waals surface area contributed by atoms with Gasteiger partial charge in [-0.2, -0.15) is 0 Å². The van der Waals surface area contributed by atoms with Crippen LogP contribution in [0.25, 0.3) is 0 Å². The molecule has 0 amide bonds. The third-order valence-corrected chi connectivity index (χ3v) is 3.59. The van der Waals surface area contributed by atoms with Gasteiger partial charge in [0.15, 0.2) is 0 Å². The molecule has 2 aromatic rings. The van der Waals surface area contributed by atoms with Crippen molar-refractivity contribution in [1.29, 1.82) is 0 Å². The summed E-state index contributed by atoms with van der Waals surface area (Å²) in [7, 11) is 0. The lowest BCUT2D eigenvalue weighted by atomic mass is 10.00. The number of halogens is 2. The Hall–Kier alpha value is -1.26. The standard InChI is InChI=1S/C16H18BrFN2/c1-2-6-20-16(13-9-15(18)11-19-10-13)8-12-4-3-5-14(17)7-12/h3-5,7,9-11,16,20H,2,6,8H2,1H3. The topological polar surface area (TPSA) is 24.9 Å². The average molecular weight is 337 g/mol. The van der Waals surface area contributed by atoms with Crippen molar-refractivity contribution in [3.63, 3.8) is 0 Å². The molecular formula is C16H18BrFN2. The van der Waals surface area contributed by atoms with E-state index in [0.717, 1.165) is 29.4 Å². The van der Waals surface area contributed by atoms with Gasteiger partial charge in [0.05, 0.1) is 6.20 Å². The zero-order chi connectivity index (χ0) is 14.4. The van der Waals surface area contributed by atoms with Crippen LogP contribution in [0.5, 0.6) is 0 Å². The van der Waals surface area contributed by atoms with Crippen LogP contribution >= 0.6 is 15.9 Å². The maximum atomic E-state index is 13.4. The van der Waals surface area contributed by atoms with Crippen molar-refractivity contribution in [2.24, 2.45) is 0 Å². The molecule has 1 heterocycles. The maximum absolute atomic E-state index is 13.4. The predicted molar refractivity (Wildman–Crippen MR) is 83.1 cm³/mol. The van der Waals surface area contributed by atoms with Crippen LogP contribution in [0.15, 0.2) is 47.2 Å². The van der Waals surface area contributed by atoms with E-state index >= 15 is 0 Å². The monoisotopic (exact) mass is 336 g/mol. The highest BCUT2D eigenvalue weighted by atomic mass is 79.9. The molecule has 0 saturated carbocycles. The SMILES string of the molecule is CCCNC(Cc1cccc(Br)c1)c1cncc(F)c1. The second kappa shape index (κ2) is 7.50. The van der Waals surface area contributed by atoms with Crippen molar-refractivity contribution in [3.8, 4) is 0 Å². The maximum Gasteiger partial charge on any atom is 0.141 e. The number of benzene rings is 1. The van der Waals surface area contributed by atoms with Gasteiger partial charge in [-0.25, -0.2) is 4.39 Å². The molecule has 106 valence electrons. The largest absolute Gasteiger partial charge is 0.310 e. The Labute approximate surface area is 127 Å². The van der Waals surface area contributed by atoms with Crippen LogP contribution in [-0.2, 0) is 6.42 Å². The molecule has 1 aromatic heterocycles. The summed E-state index contributed by atoms with van der Waals surface area (Å²) in [5.74, 6) is -0.292. The van der Waals surface area contributed by atoms with E-state index in [2.05, 4.69) is 45.3 Å². The lowest BCUT2D eigenvalue weighted by molar-refractivity contribution is 0.521. The van der Waals surface area contributed by atoms with Crippen molar-refractivity contribution < 1.29 is 4.39 Å². The fourth-order valence-electron chi connectivity index (χ4n) is 2.14. The molecule has 0 spiro atoms. The molecule has 20 heavy (non-hydrogen) atoms. The number of nitrogens with one attached hydrogen (secondary N) is 1. The molecule has 1 atom stereocenters. The van der Waals surface area contributed by atoms with E-state index in [0.29, 0.717) is 0 Å². The first-order valence-electron chi connectivity index (χ1n) is 6.77. The third kappa shape index (κ3) is 4.39. The van der Waals surface area contributed by atoms with E-state index < -0.39 is 0 Å². The smallest absolute Gasteiger partial charge is 0.141 e. The van der Waals surface area contributed by atoms with E-state index in [9.17, 15) is 4.39 Å². The Morgan fingerprint density at radius 3 is 2.85 bits per heavy atom. The van der Waals surface area contributed by atoms with Gasteiger partial charge in [0.1, 0.15) is 5.82 Å². The van der Waals surface area contributed by atoms with Gasteiger partial charge in [0, 0.05) is 16.7 Å². The van der Waals surface area contributed by atoms with Crippen molar-refractivity contribution >= 4 is 15.9 Å². The van der Waals surface area contributed by atoms with Crippen molar-refractivity contribution in [1.82, 2.24) is 10.3 Å². The van der Waals surface area contributed by atoms with Crippen LogP contribution < -0.4 is 5.32 Å². The molecular weight excluding hydrogens is 319 g/mol. The molecule has 0 bridgehead atoms. The van der Waals surface area contributed by atoms with Crippen molar-refractivity contribution in [2.75, 3.05) is 6.54 Å². The van der Waals surface area contributed by atoms with E-state index in [4.69, 9.17) is 0 Å². The molecule has 1 unspecified atom stereocenters. The summed E-state index contributed by atoms with van der Waals surface area (Å²) in [6.45, 7) is 3.02. The highest BCUT2D eigenvalue weighted by molar-refractivity contribution is 9.10. The minimum absolute atomic E-state index is 0.0763. The number of rotatable bonds is 6. The van der Waals surface area contributed by atoms with Gasteiger partial charge >= 0.3 is 0 Å². The van der Waals surface area contributed by atoms with Crippen LogP contribution in [0.3, 0.4) is 0 Å². The Bertz CT molecular complexity index is 560. The van der Waals surface area contributed by atoms with Crippen LogP contribution in [-0.4, -0.2) is 11.5 Å². The second-order valence-corrected chi connectivity index (χ2v) is 5.69. The van der Waals surface area contributed by atoms with Gasteiger partial charge < -0.3 is 5.32 Å². The predicted octanol–water partition coefficient (Wildman–Crippen LogP) is 4.27. The Morgan fingerprint density at radius 2 is 2.15 bits per heavy atom. The molecule has 4 heteroatoms. The first-order chi connectivity index (χ1) is 9.69. The average Bonchev–Trinajstić information content (AvgIpc) is 2.43. The van der Waals surface area contributed by atoms with Gasteiger partial charge in [-0.1, -0.05) is 35.0 Å². The zero-order valence-electron chi connectivity index (χ0n) is 11.4. The third-order valence-electron chi connectivity index (χ3n) is 3.10. The molecule has 0 fully saturated rings. The lowest BCUT2D eigenvalue weighted by Crippen LogP contribution is -2.24. The highest BCUT2D eigenvalue weighted by Gasteiger charge is 2.13. The summed E-state index contributed by atoms with van der Waals surface area (Å²) in [6.07, 6.45) is 4.82. The number of nitrogens with zero attached hydrogens (tertiary/aromatic N) is 1. The fourth-order valence-corrected chi connectivity index (χ4v) is 2.59. The molecule has 0 saturated heterocycles. The zero-order valence-corrected chi connectivity index (χ0v) is 13.0. The summed E-state index contributed by atoms with van der Waals surface area (Å²) < 4.78 is 14.4. The molecule has 0 radical (unpaired) electrons. The first kappa shape index (κ1) is 15.1. The van der Waals surface area contributed by atoms with E-state index in [1.165, 1.54) is 11.8 Å². The van der Waals surface area contributed by atoms with Crippen molar-refractivity contribution in [3.05, 3.63) is 64.1 Å². The van der Waals surface area contributed by atoms with Crippen LogP contribution in [0.1, 0.15) is 30.5 Å². The molecule has 2 nitrogen and oxygen atoms in total.